The van der Waals surface area contributed by atoms with Gasteiger partial charge >= 0.3 is 12.3 Å². The van der Waals surface area contributed by atoms with E-state index in [1.54, 1.807) is 6.92 Å². The molecule has 0 saturated heterocycles. The van der Waals surface area contributed by atoms with E-state index in [0.717, 1.165) is 6.07 Å². The van der Waals surface area contributed by atoms with Crippen molar-refractivity contribution >= 4 is 0 Å². The third kappa shape index (κ3) is 3.62. The van der Waals surface area contributed by atoms with Gasteiger partial charge in [0, 0.05) is 5.56 Å². The fourth-order valence-corrected chi connectivity index (χ4v) is 1.60. The smallest absolute Gasteiger partial charge is 0.305 e. The van der Waals surface area contributed by atoms with E-state index in [-0.39, 0.29) is 6.54 Å². The summed E-state index contributed by atoms with van der Waals surface area (Å²) in [6.45, 7) is 1.61. The minimum Gasteiger partial charge on any atom is -0.305 e. The molecule has 0 aliphatic carbocycles. The number of halogens is 6. The SMILES string of the molecule is CCCNC(c1cc(F)ccc1F)C(F)(F)C(F)F. The van der Waals surface area contributed by atoms with Crippen LogP contribution >= 0.6 is 0 Å². The van der Waals surface area contributed by atoms with E-state index in [0.29, 0.717) is 18.6 Å². The molecule has 1 aromatic rings. The molecule has 0 aromatic heterocycles. The molecule has 0 bridgehead atoms. The molecular weight excluding hydrogens is 272 g/mol. The van der Waals surface area contributed by atoms with Crippen LogP contribution in [0.5, 0.6) is 0 Å². The average Bonchev–Trinajstić information content (AvgIpc) is 2.33. The molecular formula is C12H13F6N. The second kappa shape index (κ2) is 6.27. The number of nitrogens with one attached hydrogen (secondary N) is 1. The summed E-state index contributed by atoms with van der Waals surface area (Å²) in [6, 6.07) is -0.412. The maximum Gasteiger partial charge on any atom is 0.326 e. The molecule has 1 nitrogen and oxygen atoms in total. The summed E-state index contributed by atoms with van der Waals surface area (Å²) < 4.78 is 78.1. The normalized spacial score (nSPS) is 13.9. The van der Waals surface area contributed by atoms with Crippen LogP contribution in [0.2, 0.25) is 0 Å². The summed E-state index contributed by atoms with van der Waals surface area (Å²) in [5.74, 6) is -6.62. The topological polar surface area (TPSA) is 12.0 Å². The van der Waals surface area contributed by atoms with Crippen LogP contribution in [0.3, 0.4) is 0 Å². The zero-order valence-electron chi connectivity index (χ0n) is 10.1. The quantitative estimate of drug-likeness (QED) is 0.781. The third-order valence-electron chi connectivity index (χ3n) is 2.54. The van der Waals surface area contributed by atoms with E-state index in [1.807, 2.05) is 0 Å². The summed E-state index contributed by atoms with van der Waals surface area (Å²) in [5.41, 5.74) is -0.807. The molecule has 108 valence electrons. The molecule has 1 unspecified atom stereocenters. The fourth-order valence-electron chi connectivity index (χ4n) is 1.60. The highest BCUT2D eigenvalue weighted by Gasteiger charge is 2.50. The van der Waals surface area contributed by atoms with Crippen LogP contribution in [0.1, 0.15) is 24.9 Å². The van der Waals surface area contributed by atoms with Crippen LogP contribution in [0.15, 0.2) is 18.2 Å². The number of hydrogen-bond acceptors (Lipinski definition) is 1. The van der Waals surface area contributed by atoms with Gasteiger partial charge in [-0.25, -0.2) is 17.6 Å². The molecule has 0 aliphatic rings. The Morgan fingerprint density at radius 3 is 2.37 bits per heavy atom. The van der Waals surface area contributed by atoms with Gasteiger partial charge in [-0.1, -0.05) is 6.92 Å². The Morgan fingerprint density at radius 1 is 1.21 bits per heavy atom. The van der Waals surface area contributed by atoms with E-state index in [2.05, 4.69) is 5.32 Å². The number of rotatable bonds is 6. The molecule has 0 saturated carbocycles. The van der Waals surface area contributed by atoms with Gasteiger partial charge in [0.2, 0.25) is 0 Å². The summed E-state index contributed by atoms with van der Waals surface area (Å²) in [5, 5.41) is 2.14. The molecule has 0 aliphatic heterocycles. The summed E-state index contributed by atoms with van der Waals surface area (Å²) >= 11 is 0. The van der Waals surface area contributed by atoms with E-state index in [4.69, 9.17) is 0 Å². The van der Waals surface area contributed by atoms with E-state index < -0.39 is 35.6 Å². The van der Waals surface area contributed by atoms with Gasteiger partial charge in [0.25, 0.3) is 0 Å². The average molecular weight is 285 g/mol. The minimum absolute atomic E-state index is 0.0249. The lowest BCUT2D eigenvalue weighted by atomic mass is 9.99. The molecule has 19 heavy (non-hydrogen) atoms. The fraction of sp³-hybridized carbons (Fsp3) is 0.500. The first kappa shape index (κ1) is 15.8. The first-order chi connectivity index (χ1) is 8.80. The van der Waals surface area contributed by atoms with Crippen molar-refractivity contribution in [2.45, 2.75) is 31.7 Å². The summed E-state index contributed by atoms with van der Waals surface area (Å²) in [6.07, 6.45) is -3.60. The number of hydrogen-bond donors (Lipinski definition) is 1. The van der Waals surface area contributed by atoms with Gasteiger partial charge in [-0.2, -0.15) is 8.78 Å². The number of alkyl halides is 4. The van der Waals surface area contributed by atoms with Crippen LogP contribution in [-0.2, 0) is 0 Å². The first-order valence-electron chi connectivity index (χ1n) is 5.65. The zero-order chi connectivity index (χ0) is 14.6. The summed E-state index contributed by atoms with van der Waals surface area (Å²) in [4.78, 5) is 0. The van der Waals surface area contributed by atoms with Gasteiger partial charge in [-0.3, -0.25) is 0 Å². The van der Waals surface area contributed by atoms with Gasteiger partial charge in [-0.15, -0.1) is 0 Å². The Hall–Kier alpha value is -1.24. The lowest BCUT2D eigenvalue weighted by Gasteiger charge is -2.27. The molecule has 0 spiro atoms. The molecule has 1 rings (SSSR count). The van der Waals surface area contributed by atoms with Crippen LogP contribution < -0.4 is 5.32 Å². The van der Waals surface area contributed by atoms with Crippen LogP contribution in [0, 0.1) is 11.6 Å². The molecule has 0 fully saturated rings. The standard InChI is InChI=1S/C12H13F6N/c1-2-5-19-10(12(17,18)11(15)16)8-6-7(13)3-4-9(8)14/h3-4,6,10-11,19H,2,5H2,1H3. The molecule has 1 aromatic carbocycles. The second-order valence-corrected chi connectivity index (χ2v) is 4.03. The minimum atomic E-state index is -4.50. The number of benzene rings is 1. The van der Waals surface area contributed by atoms with Crippen molar-refractivity contribution in [2.24, 2.45) is 0 Å². The predicted octanol–water partition coefficient (Wildman–Crippen LogP) is 3.91. The Labute approximate surface area is 106 Å². The maximum absolute atomic E-state index is 13.5. The molecule has 0 amide bonds. The van der Waals surface area contributed by atoms with E-state index in [1.165, 1.54) is 0 Å². The van der Waals surface area contributed by atoms with Crippen molar-refractivity contribution in [3.8, 4) is 0 Å². The maximum atomic E-state index is 13.5. The van der Waals surface area contributed by atoms with Crippen LogP contribution in [0.4, 0.5) is 26.3 Å². The van der Waals surface area contributed by atoms with Crippen LogP contribution in [-0.4, -0.2) is 18.9 Å². The summed E-state index contributed by atoms with van der Waals surface area (Å²) in [7, 11) is 0. The van der Waals surface area contributed by atoms with Gasteiger partial charge in [-0.05, 0) is 31.2 Å². The third-order valence-corrected chi connectivity index (χ3v) is 2.54. The lowest BCUT2D eigenvalue weighted by molar-refractivity contribution is -0.152. The van der Waals surface area contributed by atoms with Gasteiger partial charge in [0.15, 0.2) is 0 Å². The Kier molecular flexibility index (Phi) is 5.22. The highest BCUT2D eigenvalue weighted by atomic mass is 19.3. The van der Waals surface area contributed by atoms with Crippen molar-refractivity contribution in [1.29, 1.82) is 0 Å². The molecule has 1 N–H and O–H groups in total. The molecule has 1 atom stereocenters. The van der Waals surface area contributed by atoms with Crippen LogP contribution in [0.25, 0.3) is 0 Å². The second-order valence-electron chi connectivity index (χ2n) is 4.03. The lowest BCUT2D eigenvalue weighted by Crippen LogP contribution is -2.43. The highest BCUT2D eigenvalue weighted by Crippen LogP contribution is 2.37. The van der Waals surface area contributed by atoms with Crippen molar-refractivity contribution in [2.75, 3.05) is 6.54 Å². The molecule has 7 heteroatoms. The van der Waals surface area contributed by atoms with Gasteiger partial charge in [0.1, 0.15) is 17.7 Å². The van der Waals surface area contributed by atoms with Crippen molar-refractivity contribution in [3.63, 3.8) is 0 Å². The Balaban J connectivity index is 3.19. The van der Waals surface area contributed by atoms with Crippen molar-refractivity contribution in [1.82, 2.24) is 5.32 Å². The highest BCUT2D eigenvalue weighted by molar-refractivity contribution is 5.24. The van der Waals surface area contributed by atoms with Crippen molar-refractivity contribution in [3.05, 3.63) is 35.4 Å². The monoisotopic (exact) mass is 285 g/mol. The van der Waals surface area contributed by atoms with Gasteiger partial charge in [0.05, 0.1) is 0 Å². The Morgan fingerprint density at radius 2 is 1.84 bits per heavy atom. The van der Waals surface area contributed by atoms with Crippen molar-refractivity contribution < 1.29 is 26.3 Å². The molecule has 0 heterocycles. The first-order valence-corrected chi connectivity index (χ1v) is 5.65. The largest absolute Gasteiger partial charge is 0.326 e. The van der Waals surface area contributed by atoms with E-state index >= 15 is 0 Å². The zero-order valence-corrected chi connectivity index (χ0v) is 10.1. The molecule has 0 radical (unpaired) electrons. The predicted molar refractivity (Wildman–Crippen MR) is 58.3 cm³/mol. The van der Waals surface area contributed by atoms with E-state index in [9.17, 15) is 26.3 Å². The van der Waals surface area contributed by atoms with Gasteiger partial charge < -0.3 is 5.32 Å². The Bertz CT molecular complexity index is 421.